The molecule has 1 atom stereocenters. The summed E-state index contributed by atoms with van der Waals surface area (Å²) in [7, 11) is -4.23. The van der Waals surface area contributed by atoms with E-state index in [-0.39, 0.29) is 118 Å². The Hall–Kier alpha value is 0.0892. The number of aromatic nitrogens is 9. The van der Waals surface area contributed by atoms with Crippen LogP contribution < -0.4 is 0 Å². The quantitative estimate of drug-likeness (QED) is 0.239. The van der Waals surface area contributed by atoms with E-state index < -0.39 is 20.6 Å². The second kappa shape index (κ2) is 17.3. The summed E-state index contributed by atoms with van der Waals surface area (Å²) in [6, 6.07) is 0. The number of hydrogen-bond donors (Lipinski definition) is 3. The van der Waals surface area contributed by atoms with Crippen molar-refractivity contribution in [2.75, 3.05) is 18.8 Å². The first-order valence-corrected chi connectivity index (χ1v) is 14.9. The molecule has 6 aromatic rings. The molecule has 210 valence electrons. The fourth-order valence-electron chi connectivity index (χ4n) is 3.14. The molecule has 0 bridgehead atoms. The number of nitrogens with one attached hydrogen (secondary N) is 3. The third kappa shape index (κ3) is 9.55. The molecular weight excluding hydrogens is 642 g/mol. The number of aromatic amines is 3. The smallest absolute Gasteiger partial charge is 0.179 e. The van der Waals surface area contributed by atoms with Crippen molar-refractivity contribution in [3.63, 3.8) is 0 Å². The fourth-order valence-corrected chi connectivity index (χ4v) is 5.08. The second-order valence-corrected chi connectivity index (χ2v) is 11.3. The summed E-state index contributed by atoms with van der Waals surface area (Å²) >= 11 is 1.67. The van der Waals surface area contributed by atoms with E-state index in [0.717, 1.165) is 22.3 Å². The van der Waals surface area contributed by atoms with E-state index in [1.165, 1.54) is 18.6 Å². The van der Waals surface area contributed by atoms with Crippen LogP contribution >= 0.6 is 11.8 Å². The Labute approximate surface area is 320 Å². The van der Waals surface area contributed by atoms with E-state index in [0.29, 0.717) is 27.2 Å². The Morgan fingerprint density at radius 2 is 1.13 bits per heavy atom. The van der Waals surface area contributed by atoms with Gasteiger partial charge in [-0.05, 0) is 6.26 Å². The molecule has 12 nitrogen and oxygen atoms in total. The number of nitrogens with zero attached hydrogens (tertiary/aromatic N) is 6. The van der Waals surface area contributed by atoms with Gasteiger partial charge in [-0.2, -0.15) is 0 Å². The van der Waals surface area contributed by atoms with E-state index in [4.69, 9.17) is 0 Å². The van der Waals surface area contributed by atoms with Gasteiger partial charge in [0.2, 0.25) is 0 Å². The van der Waals surface area contributed by atoms with Crippen LogP contribution in [0.1, 0.15) is 0 Å². The molecule has 3 N–H and O–H groups in total. The van der Waals surface area contributed by atoms with E-state index in [1.807, 2.05) is 12.5 Å². The molecule has 0 radical (unpaired) electrons. The van der Waals surface area contributed by atoms with Gasteiger partial charge >= 0.3 is 0 Å². The Bertz CT molecular complexity index is 1770. The topological polar surface area (TPSA) is 176 Å². The molecule has 0 fully saturated rings. The van der Waals surface area contributed by atoms with Gasteiger partial charge < -0.3 is 15.0 Å². The van der Waals surface area contributed by atoms with Gasteiger partial charge in [-0.1, -0.05) is 0 Å². The number of rotatable bonds is 3. The molecule has 39 heavy (non-hydrogen) atoms. The number of fused-ring (bicyclic) bond motifs is 3. The van der Waals surface area contributed by atoms with Gasteiger partial charge in [0.1, 0.15) is 21.4 Å². The molecule has 18 heteroatoms. The summed E-state index contributed by atoms with van der Waals surface area (Å²) in [4.78, 5) is 35.0. The van der Waals surface area contributed by atoms with Crippen molar-refractivity contribution < 1.29 is 126 Å². The molecule has 0 aliphatic rings. The zero-order valence-corrected chi connectivity index (χ0v) is 25.0. The summed E-state index contributed by atoms with van der Waals surface area (Å²) in [6.45, 7) is 0. The largest absolute Gasteiger partial charge is 0.344 e. The van der Waals surface area contributed by atoms with Crippen molar-refractivity contribution in [2.24, 2.45) is 0 Å². The van der Waals surface area contributed by atoms with Gasteiger partial charge in [-0.3, -0.25) is 14.2 Å². The van der Waals surface area contributed by atoms with Gasteiger partial charge in [0.25, 0.3) is 0 Å². The molecule has 0 aliphatic heterocycles. The Morgan fingerprint density at radius 3 is 1.67 bits per heavy atom. The van der Waals surface area contributed by atoms with Crippen LogP contribution in [0.15, 0.2) is 70.5 Å². The predicted octanol–water partition coefficient (Wildman–Crippen LogP) is 2.74. The van der Waals surface area contributed by atoms with E-state index in [2.05, 4.69) is 44.9 Å². The monoisotopic (exact) mass is 663 g/mol. The van der Waals surface area contributed by atoms with Crippen molar-refractivity contribution in [1.82, 2.24) is 44.9 Å². The third-order valence-corrected chi connectivity index (χ3v) is 7.54. The number of thioether (sulfide) groups is 1. The molecule has 0 aromatic carbocycles. The Morgan fingerprint density at radius 1 is 0.692 bits per heavy atom. The number of sulfone groups is 1. The van der Waals surface area contributed by atoms with Crippen molar-refractivity contribution in [1.29, 1.82) is 0 Å². The van der Waals surface area contributed by atoms with Crippen LogP contribution in [0.2, 0.25) is 0 Å². The third-order valence-electron chi connectivity index (χ3n) is 4.74. The molecule has 0 saturated carbocycles. The molecule has 6 rings (SSSR count). The molecule has 0 spiro atoms. The average molecular weight is 664 g/mol. The van der Waals surface area contributed by atoms with Crippen LogP contribution in [-0.2, 0) is 20.6 Å². The van der Waals surface area contributed by atoms with Crippen LogP contribution in [0.3, 0.4) is 0 Å². The maximum absolute atomic E-state index is 11.2. The van der Waals surface area contributed by atoms with Crippen LogP contribution in [0.25, 0.3) is 33.5 Å². The zero-order chi connectivity index (χ0) is 25.7. The first kappa shape index (κ1) is 37.1. The molecule has 6 heterocycles. The minimum absolute atomic E-state index is 0. The minimum atomic E-state index is -3.22. The SMILES string of the molecule is CS(=O)(=O)c1c[nH]c2nccnc12.CS(=O)c1c[nH]c2nccnc12.CSc1c[nH]c2nccnc12.[Ar].[Ar].[Ar]. The molecule has 6 aromatic heterocycles. The molecular formula is C21H21Ar3N9O3S3. The van der Waals surface area contributed by atoms with Gasteiger partial charge in [0, 0.05) is 181 Å². The van der Waals surface area contributed by atoms with E-state index >= 15 is 0 Å². The number of H-pyrrole nitrogens is 3. The summed E-state index contributed by atoms with van der Waals surface area (Å²) in [5.74, 6) is 0. The first-order chi connectivity index (χ1) is 17.3. The normalized spacial score (nSPS) is 11.2. The van der Waals surface area contributed by atoms with E-state index in [1.54, 1.807) is 49.0 Å². The van der Waals surface area contributed by atoms with Crippen molar-refractivity contribution in [3.05, 3.63) is 55.8 Å². The van der Waals surface area contributed by atoms with Crippen LogP contribution in [0.4, 0.5) is 0 Å². The molecule has 0 aliphatic carbocycles. The second-order valence-electron chi connectivity index (χ2n) is 7.15. The summed E-state index contributed by atoms with van der Waals surface area (Å²) in [5, 5.41) is 0. The summed E-state index contributed by atoms with van der Waals surface area (Å²) < 4.78 is 33.6. The van der Waals surface area contributed by atoms with Crippen molar-refractivity contribution in [3.8, 4) is 0 Å². The zero-order valence-electron chi connectivity index (χ0n) is 20.4. The molecule has 1 unspecified atom stereocenters. The van der Waals surface area contributed by atoms with Gasteiger partial charge in [-0.15, -0.1) is 11.8 Å². The first-order valence-electron chi connectivity index (χ1n) is 10.2. The van der Waals surface area contributed by atoms with Crippen molar-refractivity contribution in [2.45, 2.75) is 14.7 Å². The van der Waals surface area contributed by atoms with Gasteiger partial charge in [-0.25, -0.2) is 28.4 Å². The summed E-state index contributed by atoms with van der Waals surface area (Å²) in [6.07, 6.45) is 19.3. The van der Waals surface area contributed by atoms with Crippen LogP contribution in [0.5, 0.6) is 0 Å². The Balaban J connectivity index is 0.000000282. The van der Waals surface area contributed by atoms with Crippen LogP contribution in [-0.4, -0.2) is 76.2 Å². The fraction of sp³-hybridized carbons (Fsp3) is 0.143. The van der Waals surface area contributed by atoms with Gasteiger partial charge in [0.05, 0.1) is 20.6 Å². The van der Waals surface area contributed by atoms with Crippen molar-refractivity contribution >= 4 is 65.9 Å². The maximum atomic E-state index is 11.2. The Kier molecular flexibility index (Phi) is 16.4. The number of hydrogen-bond acceptors (Lipinski definition) is 10. The minimum Gasteiger partial charge on any atom is -0.344 e. The predicted molar refractivity (Wildman–Crippen MR) is 139 cm³/mol. The summed E-state index contributed by atoms with van der Waals surface area (Å²) in [5.41, 5.74) is 4.07. The standard InChI is InChI=1S/C7H7N3O2S.C7H7N3OS.C7H7N3S.3Ar/c1-13(11,12)5-4-10-7-6(5)8-2-3-9-7;1-12(11)5-4-10-7-6(5)8-2-3-9-7;1-11-5-4-10-7-6(5)8-2-3-9-7;;;/h2-4H,1H3,(H,9,10);2-4H,1H3,(H,9,10);2-4H,1H3,(H,9,10);;;. The van der Waals surface area contributed by atoms with Crippen LogP contribution in [0, 0.1) is 113 Å². The maximum Gasteiger partial charge on any atom is 0.179 e. The average Bonchev–Trinajstić information content (AvgIpc) is 3.60. The van der Waals surface area contributed by atoms with Gasteiger partial charge in [0.15, 0.2) is 26.8 Å². The molecule has 0 saturated heterocycles. The molecule has 0 amide bonds. The van der Waals surface area contributed by atoms with E-state index in [9.17, 15) is 12.6 Å².